The molecule has 0 spiro atoms. The van der Waals surface area contributed by atoms with E-state index >= 15 is 0 Å². The molecule has 0 aliphatic heterocycles. The minimum absolute atomic E-state index is 0.249. The number of carbonyl (C=O) groups excluding carboxylic acids is 1. The zero-order chi connectivity index (χ0) is 16.2. The largest absolute Gasteiger partial charge is 0.444 e. The van der Waals surface area contributed by atoms with Gasteiger partial charge >= 0.3 is 0 Å². The summed E-state index contributed by atoms with van der Waals surface area (Å²) in [5.74, 6) is 0.183. The first-order valence-corrected chi connectivity index (χ1v) is 8.23. The molecule has 1 amide bonds. The fourth-order valence-corrected chi connectivity index (χ4v) is 3.35. The zero-order valence-corrected chi connectivity index (χ0v) is 13.6. The first kappa shape index (κ1) is 16.0. The van der Waals surface area contributed by atoms with Gasteiger partial charge in [0.05, 0.1) is 22.8 Å². The van der Waals surface area contributed by atoms with Gasteiger partial charge in [0, 0.05) is 12.6 Å². The van der Waals surface area contributed by atoms with Crippen molar-refractivity contribution in [3.63, 3.8) is 0 Å². The van der Waals surface area contributed by atoms with Gasteiger partial charge in [0.2, 0.25) is 11.8 Å². The summed E-state index contributed by atoms with van der Waals surface area (Å²) in [4.78, 5) is 18.0. The lowest BCUT2D eigenvalue weighted by molar-refractivity contribution is -0.119. The summed E-state index contributed by atoms with van der Waals surface area (Å²) in [5.41, 5.74) is 6.94. The van der Waals surface area contributed by atoms with E-state index in [4.69, 9.17) is 21.8 Å². The quantitative estimate of drug-likeness (QED) is 0.881. The Morgan fingerprint density at radius 1 is 1.35 bits per heavy atom. The normalized spacial score (nSPS) is 15.4. The third-order valence-corrected chi connectivity index (χ3v) is 4.55. The van der Waals surface area contributed by atoms with Gasteiger partial charge in [0.15, 0.2) is 0 Å². The molecule has 6 heteroatoms. The third-order valence-electron chi connectivity index (χ3n) is 4.22. The van der Waals surface area contributed by atoms with Gasteiger partial charge < -0.3 is 10.2 Å². The number of halogens is 1. The van der Waals surface area contributed by atoms with Crippen LogP contribution in [0.4, 0.5) is 0 Å². The minimum atomic E-state index is -0.313. The van der Waals surface area contributed by atoms with Gasteiger partial charge in [-0.15, -0.1) is 0 Å². The number of hydrogen-bond acceptors (Lipinski definition) is 4. The number of hydrogen-bond donors (Lipinski definition) is 1. The predicted octanol–water partition coefficient (Wildman–Crippen LogP) is 3.22. The van der Waals surface area contributed by atoms with Crippen LogP contribution in [0.15, 0.2) is 34.9 Å². The Balaban J connectivity index is 1.76. The van der Waals surface area contributed by atoms with Crippen molar-refractivity contribution in [2.45, 2.75) is 38.3 Å². The van der Waals surface area contributed by atoms with Crippen LogP contribution in [0.5, 0.6) is 0 Å². The van der Waals surface area contributed by atoms with E-state index in [2.05, 4.69) is 9.88 Å². The summed E-state index contributed by atoms with van der Waals surface area (Å²) < 4.78 is 5.56. The molecule has 5 nitrogen and oxygen atoms in total. The number of nitrogens with zero attached hydrogens (tertiary/aromatic N) is 2. The highest BCUT2D eigenvalue weighted by molar-refractivity contribution is 6.33. The van der Waals surface area contributed by atoms with Crippen molar-refractivity contribution in [1.82, 2.24) is 9.88 Å². The molecule has 0 radical (unpaired) electrons. The van der Waals surface area contributed by atoms with E-state index in [0.717, 1.165) is 24.1 Å². The molecular formula is C17H20ClN3O2. The van der Waals surface area contributed by atoms with E-state index < -0.39 is 0 Å². The number of primary amides is 1. The minimum Gasteiger partial charge on any atom is -0.444 e. The molecule has 0 atom stereocenters. The Morgan fingerprint density at radius 2 is 2.09 bits per heavy atom. The van der Waals surface area contributed by atoms with E-state index in [1.165, 1.54) is 12.8 Å². The molecule has 1 heterocycles. The summed E-state index contributed by atoms with van der Waals surface area (Å²) in [6.07, 6.45) is 6.22. The highest BCUT2D eigenvalue weighted by atomic mass is 35.5. The van der Waals surface area contributed by atoms with E-state index in [1.807, 2.05) is 18.2 Å². The summed E-state index contributed by atoms with van der Waals surface area (Å²) in [7, 11) is 0. The van der Waals surface area contributed by atoms with Crippen LogP contribution in [0.3, 0.4) is 0 Å². The molecule has 0 bridgehead atoms. The van der Waals surface area contributed by atoms with Crippen LogP contribution in [-0.2, 0) is 11.3 Å². The number of aromatic nitrogens is 1. The first-order valence-electron chi connectivity index (χ1n) is 7.85. The van der Waals surface area contributed by atoms with Crippen molar-refractivity contribution >= 4 is 17.5 Å². The molecule has 1 fully saturated rings. The SMILES string of the molecule is NC(=O)CN(Cc1coc(-c2ccccc2Cl)n1)C1CCCC1. The number of oxazole rings is 1. The Hall–Kier alpha value is -1.85. The van der Waals surface area contributed by atoms with Gasteiger partial charge in [0.25, 0.3) is 0 Å². The number of rotatable bonds is 6. The highest BCUT2D eigenvalue weighted by Gasteiger charge is 2.25. The molecule has 3 rings (SSSR count). The molecule has 2 N–H and O–H groups in total. The van der Waals surface area contributed by atoms with Crippen molar-refractivity contribution in [2.24, 2.45) is 5.73 Å². The van der Waals surface area contributed by atoms with Crippen LogP contribution in [0, 0.1) is 0 Å². The molecule has 0 unspecified atom stereocenters. The van der Waals surface area contributed by atoms with Gasteiger partial charge in [0.1, 0.15) is 6.26 Å². The number of amides is 1. The van der Waals surface area contributed by atoms with Gasteiger partial charge in [-0.2, -0.15) is 0 Å². The van der Waals surface area contributed by atoms with Gasteiger partial charge in [-0.3, -0.25) is 9.69 Å². The molecule has 1 aliphatic carbocycles. The molecule has 1 saturated carbocycles. The van der Waals surface area contributed by atoms with Crippen molar-refractivity contribution in [1.29, 1.82) is 0 Å². The first-order chi connectivity index (χ1) is 11.1. The van der Waals surface area contributed by atoms with Crippen molar-refractivity contribution in [2.75, 3.05) is 6.54 Å². The molecular weight excluding hydrogens is 314 g/mol. The smallest absolute Gasteiger partial charge is 0.231 e. The zero-order valence-electron chi connectivity index (χ0n) is 12.9. The number of nitrogens with two attached hydrogens (primary N) is 1. The second-order valence-corrected chi connectivity index (χ2v) is 6.34. The van der Waals surface area contributed by atoms with Crippen LogP contribution in [0.2, 0.25) is 5.02 Å². The second kappa shape index (κ2) is 7.15. The Morgan fingerprint density at radius 3 is 2.78 bits per heavy atom. The molecule has 2 aromatic rings. The lowest BCUT2D eigenvalue weighted by Crippen LogP contribution is -2.39. The maximum atomic E-state index is 11.3. The topological polar surface area (TPSA) is 72.4 Å². The molecule has 0 saturated heterocycles. The summed E-state index contributed by atoms with van der Waals surface area (Å²) >= 11 is 6.17. The van der Waals surface area contributed by atoms with Crippen molar-refractivity contribution in [3.05, 3.63) is 41.2 Å². The highest BCUT2D eigenvalue weighted by Crippen LogP contribution is 2.28. The van der Waals surface area contributed by atoms with Crippen LogP contribution in [0.1, 0.15) is 31.4 Å². The molecule has 1 aliphatic rings. The Kier molecular flexibility index (Phi) is 4.98. The van der Waals surface area contributed by atoms with Gasteiger partial charge in [-0.1, -0.05) is 36.6 Å². The molecule has 1 aromatic carbocycles. The Bertz CT molecular complexity index is 680. The molecule has 23 heavy (non-hydrogen) atoms. The average molecular weight is 334 g/mol. The predicted molar refractivity (Wildman–Crippen MR) is 88.8 cm³/mol. The van der Waals surface area contributed by atoms with Crippen molar-refractivity contribution < 1.29 is 9.21 Å². The third kappa shape index (κ3) is 3.92. The summed E-state index contributed by atoms with van der Waals surface area (Å²) in [6.45, 7) is 0.806. The van der Waals surface area contributed by atoms with Crippen LogP contribution < -0.4 is 5.73 Å². The molecule has 1 aromatic heterocycles. The van der Waals surface area contributed by atoms with Crippen molar-refractivity contribution in [3.8, 4) is 11.5 Å². The van der Waals surface area contributed by atoms with Gasteiger partial charge in [-0.05, 0) is 25.0 Å². The van der Waals surface area contributed by atoms with E-state index in [-0.39, 0.29) is 12.5 Å². The standard InChI is InChI=1S/C17H20ClN3O2/c18-15-8-4-3-7-14(15)17-20-12(11-23-17)9-21(10-16(19)22)13-5-1-2-6-13/h3-4,7-8,11,13H,1-2,5-6,9-10H2,(H2,19,22). The second-order valence-electron chi connectivity index (χ2n) is 5.93. The van der Waals surface area contributed by atoms with E-state index in [9.17, 15) is 4.79 Å². The van der Waals surface area contributed by atoms with Crippen LogP contribution in [-0.4, -0.2) is 28.4 Å². The molecule has 122 valence electrons. The number of carbonyl (C=O) groups is 1. The lowest BCUT2D eigenvalue weighted by Gasteiger charge is -2.26. The average Bonchev–Trinajstić information content (AvgIpc) is 3.18. The number of benzene rings is 1. The monoisotopic (exact) mass is 333 g/mol. The fourth-order valence-electron chi connectivity index (χ4n) is 3.13. The van der Waals surface area contributed by atoms with Gasteiger partial charge in [-0.25, -0.2) is 4.98 Å². The maximum absolute atomic E-state index is 11.3. The van der Waals surface area contributed by atoms with Crippen LogP contribution >= 0.6 is 11.6 Å². The lowest BCUT2D eigenvalue weighted by atomic mass is 10.2. The van der Waals surface area contributed by atoms with E-state index in [1.54, 1.807) is 12.3 Å². The van der Waals surface area contributed by atoms with E-state index in [0.29, 0.717) is 23.5 Å². The van der Waals surface area contributed by atoms with Crippen LogP contribution in [0.25, 0.3) is 11.5 Å². The summed E-state index contributed by atoms with van der Waals surface area (Å²) in [6, 6.07) is 7.82. The fraction of sp³-hybridized carbons (Fsp3) is 0.412. The summed E-state index contributed by atoms with van der Waals surface area (Å²) in [5, 5.41) is 0.602. The maximum Gasteiger partial charge on any atom is 0.231 e. The Labute approximate surface area is 140 Å².